The van der Waals surface area contributed by atoms with E-state index in [2.05, 4.69) is 15.5 Å². The first kappa shape index (κ1) is 14.7. The number of hydrogen-bond acceptors (Lipinski definition) is 4. The van der Waals surface area contributed by atoms with Gasteiger partial charge in [0, 0.05) is 24.8 Å². The molecule has 2 aromatic rings. The van der Waals surface area contributed by atoms with Crippen LogP contribution in [0.4, 0.5) is 0 Å². The first-order chi connectivity index (χ1) is 11.3. The van der Waals surface area contributed by atoms with E-state index in [1.807, 2.05) is 24.3 Å². The lowest BCUT2D eigenvalue weighted by Crippen LogP contribution is -2.38. The Morgan fingerprint density at radius 2 is 2.00 bits per heavy atom. The zero-order valence-electron chi connectivity index (χ0n) is 13.0. The Morgan fingerprint density at radius 1 is 1.26 bits per heavy atom. The Balaban J connectivity index is 1.33. The number of amides is 1. The predicted octanol–water partition coefficient (Wildman–Crippen LogP) is 2.23. The van der Waals surface area contributed by atoms with Gasteiger partial charge in [0.05, 0.1) is 18.7 Å². The van der Waals surface area contributed by atoms with E-state index >= 15 is 0 Å². The second-order valence-electron chi connectivity index (χ2n) is 6.38. The molecule has 4 rings (SSSR count). The molecule has 1 aromatic heterocycles. The highest BCUT2D eigenvalue weighted by Crippen LogP contribution is 2.38. The minimum absolute atomic E-state index is 0.115. The molecular formula is C17H21N3O3. The first-order valence-electron chi connectivity index (χ1n) is 8.25. The number of nitrogens with zero attached hydrogens (tertiary/aromatic N) is 1. The van der Waals surface area contributed by atoms with E-state index in [0.29, 0.717) is 31.4 Å². The summed E-state index contributed by atoms with van der Waals surface area (Å²) in [7, 11) is 0. The van der Waals surface area contributed by atoms with Crippen molar-refractivity contribution in [2.24, 2.45) is 5.92 Å². The van der Waals surface area contributed by atoms with Gasteiger partial charge in [-0.1, -0.05) is 18.2 Å². The lowest BCUT2D eigenvalue weighted by Gasteiger charge is -2.35. The highest BCUT2D eigenvalue weighted by molar-refractivity contribution is 6.04. The number of aromatic nitrogens is 2. The topological polar surface area (TPSA) is 76.2 Å². The van der Waals surface area contributed by atoms with Crippen molar-refractivity contribution < 1.29 is 14.3 Å². The number of rotatable bonds is 3. The highest BCUT2D eigenvalue weighted by Gasteiger charge is 2.40. The van der Waals surface area contributed by atoms with Crippen LogP contribution >= 0.6 is 0 Å². The molecule has 2 fully saturated rings. The number of hydrogen-bond donors (Lipinski definition) is 2. The maximum atomic E-state index is 12.4. The van der Waals surface area contributed by atoms with Crippen molar-refractivity contribution in [1.29, 1.82) is 0 Å². The fourth-order valence-electron chi connectivity index (χ4n) is 3.56. The summed E-state index contributed by atoms with van der Waals surface area (Å²) in [5.74, 6) is 0.0255. The highest BCUT2D eigenvalue weighted by atomic mass is 16.7. The molecule has 2 N–H and O–H groups in total. The van der Waals surface area contributed by atoms with Gasteiger partial charge < -0.3 is 14.8 Å². The zero-order valence-corrected chi connectivity index (χ0v) is 13.0. The van der Waals surface area contributed by atoms with Gasteiger partial charge >= 0.3 is 0 Å². The first-order valence-corrected chi connectivity index (χ1v) is 8.25. The van der Waals surface area contributed by atoms with Crippen LogP contribution in [0, 0.1) is 5.92 Å². The maximum absolute atomic E-state index is 12.4. The Labute approximate surface area is 134 Å². The summed E-state index contributed by atoms with van der Waals surface area (Å²) in [5.41, 5.74) is 1.35. The molecule has 6 nitrogen and oxygen atoms in total. The Bertz CT molecular complexity index is 696. The minimum Gasteiger partial charge on any atom is -0.350 e. The zero-order chi connectivity index (χ0) is 15.7. The smallest absolute Gasteiger partial charge is 0.272 e. The summed E-state index contributed by atoms with van der Waals surface area (Å²) in [5, 5.41) is 10.9. The van der Waals surface area contributed by atoms with E-state index in [-0.39, 0.29) is 11.7 Å². The third kappa shape index (κ3) is 2.84. The van der Waals surface area contributed by atoms with Crippen LogP contribution in [0.3, 0.4) is 0 Å². The molecular weight excluding hydrogens is 294 g/mol. The van der Waals surface area contributed by atoms with Crippen LogP contribution in [-0.4, -0.2) is 41.7 Å². The summed E-state index contributed by atoms with van der Waals surface area (Å²) in [6, 6.07) is 7.66. The fraction of sp³-hybridized carbons (Fsp3) is 0.529. The van der Waals surface area contributed by atoms with E-state index in [4.69, 9.17) is 9.47 Å². The Kier molecular flexibility index (Phi) is 3.79. The summed E-state index contributed by atoms with van der Waals surface area (Å²) in [4.78, 5) is 12.4. The number of fused-ring (bicyclic) bond motifs is 1. The molecule has 0 atom stereocenters. The fourth-order valence-corrected chi connectivity index (χ4v) is 3.56. The van der Waals surface area contributed by atoms with Crippen LogP contribution in [0.25, 0.3) is 10.9 Å². The van der Waals surface area contributed by atoms with Crippen molar-refractivity contribution >= 4 is 16.8 Å². The molecule has 1 aliphatic carbocycles. The van der Waals surface area contributed by atoms with Crippen molar-refractivity contribution in [3.8, 4) is 0 Å². The number of para-hydroxylation sites is 1. The second-order valence-corrected chi connectivity index (χ2v) is 6.38. The molecule has 23 heavy (non-hydrogen) atoms. The van der Waals surface area contributed by atoms with Crippen molar-refractivity contribution in [1.82, 2.24) is 15.5 Å². The molecule has 122 valence electrons. The SMILES string of the molecule is O=C(NCC1CCC2(CC1)OCCO2)c1n[nH]c2ccccc12. The summed E-state index contributed by atoms with van der Waals surface area (Å²) in [6.07, 6.45) is 3.86. The number of carbonyl (C=O) groups excluding carboxylic acids is 1. The summed E-state index contributed by atoms with van der Waals surface area (Å²) in [6.45, 7) is 2.08. The molecule has 2 heterocycles. The number of nitrogens with one attached hydrogen (secondary N) is 2. The van der Waals surface area contributed by atoms with E-state index in [1.54, 1.807) is 0 Å². The average Bonchev–Trinajstić information content (AvgIpc) is 3.21. The standard InChI is InChI=1S/C17H21N3O3/c21-16(15-13-3-1-2-4-14(13)19-20-15)18-11-12-5-7-17(8-6-12)22-9-10-23-17/h1-4,12H,5-11H2,(H,18,21)(H,19,20). The van der Waals surface area contributed by atoms with Crippen molar-refractivity contribution in [2.75, 3.05) is 19.8 Å². The van der Waals surface area contributed by atoms with Crippen molar-refractivity contribution in [2.45, 2.75) is 31.5 Å². The maximum Gasteiger partial charge on any atom is 0.272 e. The summed E-state index contributed by atoms with van der Waals surface area (Å²) >= 11 is 0. The van der Waals surface area contributed by atoms with Crippen LogP contribution in [0.1, 0.15) is 36.2 Å². The van der Waals surface area contributed by atoms with Crippen LogP contribution in [0.5, 0.6) is 0 Å². The van der Waals surface area contributed by atoms with Crippen LogP contribution < -0.4 is 5.32 Å². The van der Waals surface area contributed by atoms with Gasteiger partial charge in [-0.15, -0.1) is 0 Å². The minimum atomic E-state index is -0.334. The molecule has 1 aliphatic heterocycles. The van der Waals surface area contributed by atoms with Crippen LogP contribution in [-0.2, 0) is 9.47 Å². The van der Waals surface area contributed by atoms with E-state index < -0.39 is 0 Å². The molecule has 6 heteroatoms. The lowest BCUT2D eigenvalue weighted by molar-refractivity contribution is -0.182. The van der Waals surface area contributed by atoms with Crippen molar-refractivity contribution in [3.63, 3.8) is 0 Å². The average molecular weight is 315 g/mol. The molecule has 0 unspecified atom stereocenters. The summed E-state index contributed by atoms with van der Waals surface area (Å²) < 4.78 is 11.5. The predicted molar refractivity (Wildman–Crippen MR) is 85.0 cm³/mol. The van der Waals surface area contributed by atoms with Gasteiger partial charge in [-0.25, -0.2) is 0 Å². The third-order valence-electron chi connectivity index (χ3n) is 4.92. The monoisotopic (exact) mass is 315 g/mol. The quantitative estimate of drug-likeness (QED) is 0.910. The number of aromatic amines is 1. The van der Waals surface area contributed by atoms with E-state index in [0.717, 1.165) is 36.6 Å². The van der Waals surface area contributed by atoms with E-state index in [1.165, 1.54) is 0 Å². The largest absolute Gasteiger partial charge is 0.350 e. The van der Waals surface area contributed by atoms with Gasteiger partial charge in [0.2, 0.25) is 0 Å². The van der Waals surface area contributed by atoms with Crippen molar-refractivity contribution in [3.05, 3.63) is 30.0 Å². The molecule has 1 aromatic carbocycles. The normalized spacial score (nSPS) is 21.0. The number of benzene rings is 1. The third-order valence-corrected chi connectivity index (χ3v) is 4.92. The number of ether oxygens (including phenoxy) is 2. The van der Waals surface area contributed by atoms with E-state index in [9.17, 15) is 4.79 Å². The molecule has 1 saturated heterocycles. The van der Waals surface area contributed by atoms with Gasteiger partial charge in [0.25, 0.3) is 5.91 Å². The molecule has 0 radical (unpaired) electrons. The lowest BCUT2D eigenvalue weighted by atomic mass is 9.85. The Hall–Kier alpha value is -1.92. The molecule has 1 spiro atoms. The van der Waals surface area contributed by atoms with Gasteiger partial charge in [-0.3, -0.25) is 9.89 Å². The second kappa shape index (κ2) is 5.94. The molecule has 1 saturated carbocycles. The van der Waals surface area contributed by atoms with Gasteiger partial charge in [0.1, 0.15) is 0 Å². The van der Waals surface area contributed by atoms with Crippen LogP contribution in [0.2, 0.25) is 0 Å². The van der Waals surface area contributed by atoms with Gasteiger partial charge in [-0.05, 0) is 24.8 Å². The molecule has 1 amide bonds. The molecule has 0 bridgehead atoms. The van der Waals surface area contributed by atoms with Crippen LogP contribution in [0.15, 0.2) is 24.3 Å². The van der Waals surface area contributed by atoms with Gasteiger partial charge in [-0.2, -0.15) is 5.10 Å². The van der Waals surface area contributed by atoms with Gasteiger partial charge in [0.15, 0.2) is 11.5 Å². The number of H-pyrrole nitrogens is 1. The molecule has 2 aliphatic rings. The number of carbonyl (C=O) groups is 1. The Morgan fingerprint density at radius 3 is 2.78 bits per heavy atom.